The zero-order valence-corrected chi connectivity index (χ0v) is 20.9. The highest BCUT2D eigenvalue weighted by molar-refractivity contribution is 5.99. The van der Waals surface area contributed by atoms with Gasteiger partial charge < -0.3 is 19.7 Å². The molecule has 0 amide bonds. The molecular weight excluding hydrogens is 468 g/mol. The summed E-state index contributed by atoms with van der Waals surface area (Å²) in [5, 5.41) is 14.6. The molecule has 2 aromatic heterocycles. The van der Waals surface area contributed by atoms with Crippen molar-refractivity contribution in [1.29, 1.82) is 0 Å². The molecule has 8 nitrogen and oxygen atoms in total. The number of fused-ring (bicyclic) bond motifs is 5. The normalized spacial score (nSPS) is 14.2. The molecule has 0 fully saturated rings. The van der Waals surface area contributed by atoms with Gasteiger partial charge in [0.25, 0.3) is 5.56 Å². The smallest absolute Gasteiger partial charge is 0.331 e. The minimum Gasteiger partial charge on any atom is -0.504 e. The van der Waals surface area contributed by atoms with E-state index >= 15 is 0 Å². The fraction of sp³-hybridized carbons (Fsp3) is 0.172. The van der Waals surface area contributed by atoms with Crippen molar-refractivity contribution in [2.75, 3.05) is 12.4 Å². The molecule has 5 aromatic rings. The van der Waals surface area contributed by atoms with Crippen LogP contribution in [0.5, 0.6) is 11.5 Å². The molecule has 0 bridgehead atoms. The van der Waals surface area contributed by atoms with E-state index in [0.717, 1.165) is 44.0 Å². The summed E-state index contributed by atoms with van der Waals surface area (Å²) in [5.74, 6) is 0.369. The molecule has 0 saturated heterocycles. The van der Waals surface area contributed by atoms with Crippen molar-refractivity contribution in [3.05, 3.63) is 104 Å². The molecule has 1 atom stereocenters. The SMILES string of the molecule is COc1ccc(C2Nc3ccccc3-n3c(-c4ccc(C)cc4)c4c(=O)n(C)c(=O)n(C)c4c32)cc1O. The van der Waals surface area contributed by atoms with E-state index < -0.39 is 11.7 Å². The molecule has 186 valence electrons. The summed E-state index contributed by atoms with van der Waals surface area (Å²) in [6, 6.07) is 20.7. The van der Waals surface area contributed by atoms with Crippen LogP contribution in [0.1, 0.15) is 22.9 Å². The molecule has 1 aliphatic heterocycles. The number of hydrogen-bond donors (Lipinski definition) is 2. The Hall–Kier alpha value is -4.72. The van der Waals surface area contributed by atoms with E-state index in [9.17, 15) is 14.7 Å². The highest BCUT2D eigenvalue weighted by atomic mass is 16.5. The van der Waals surface area contributed by atoms with Crippen LogP contribution in [-0.2, 0) is 14.1 Å². The Kier molecular flexibility index (Phi) is 5.01. The number of aryl methyl sites for hydroxylation is 2. The lowest BCUT2D eigenvalue weighted by molar-refractivity contribution is 0.373. The summed E-state index contributed by atoms with van der Waals surface area (Å²) >= 11 is 0. The van der Waals surface area contributed by atoms with Gasteiger partial charge in [0.2, 0.25) is 0 Å². The van der Waals surface area contributed by atoms with Crippen LogP contribution in [-0.4, -0.2) is 25.9 Å². The average molecular weight is 495 g/mol. The van der Waals surface area contributed by atoms with Crippen LogP contribution in [0, 0.1) is 6.92 Å². The number of phenolic OH excluding ortho intramolecular Hbond substituents is 1. The number of benzene rings is 3. The van der Waals surface area contributed by atoms with Crippen molar-refractivity contribution in [1.82, 2.24) is 13.7 Å². The van der Waals surface area contributed by atoms with Gasteiger partial charge in [0.15, 0.2) is 11.5 Å². The third kappa shape index (κ3) is 3.22. The summed E-state index contributed by atoms with van der Waals surface area (Å²) < 4.78 is 10.0. The van der Waals surface area contributed by atoms with Crippen LogP contribution in [0.4, 0.5) is 5.69 Å². The van der Waals surface area contributed by atoms with Gasteiger partial charge in [0, 0.05) is 14.1 Å². The summed E-state index contributed by atoms with van der Waals surface area (Å²) in [4.78, 5) is 26.9. The molecule has 3 heterocycles. The van der Waals surface area contributed by atoms with Crippen molar-refractivity contribution in [2.24, 2.45) is 14.1 Å². The molecule has 2 N–H and O–H groups in total. The van der Waals surface area contributed by atoms with Crippen molar-refractivity contribution >= 4 is 16.6 Å². The Morgan fingerprint density at radius 3 is 2.38 bits per heavy atom. The highest BCUT2D eigenvalue weighted by Gasteiger charge is 2.35. The standard InChI is InChI=1S/C29H26N4O4/c1-16-9-11-17(12-10-16)25-23-26(31(2)29(36)32(3)28(23)35)27-24(18-13-14-22(37-4)21(34)15-18)30-19-7-5-6-8-20(19)33(25)27/h5-15,24,30,34H,1-4H3. The highest BCUT2D eigenvalue weighted by Crippen LogP contribution is 2.46. The molecular formula is C29H26N4O4. The van der Waals surface area contributed by atoms with Gasteiger partial charge in [-0.2, -0.15) is 0 Å². The second kappa shape index (κ2) is 8.16. The predicted octanol–water partition coefficient (Wildman–Crippen LogP) is 4.23. The first-order chi connectivity index (χ1) is 17.8. The lowest BCUT2D eigenvalue weighted by Crippen LogP contribution is -2.37. The van der Waals surface area contributed by atoms with Gasteiger partial charge in [0.05, 0.1) is 46.8 Å². The number of ether oxygens (including phenoxy) is 1. The van der Waals surface area contributed by atoms with E-state index in [2.05, 4.69) is 9.88 Å². The Labute approximate surface area is 212 Å². The van der Waals surface area contributed by atoms with Crippen molar-refractivity contribution in [3.63, 3.8) is 0 Å². The molecule has 0 saturated carbocycles. The third-order valence-electron chi connectivity index (χ3n) is 7.19. The number of phenols is 1. The number of aromatic nitrogens is 3. The van der Waals surface area contributed by atoms with Crippen LogP contribution < -0.4 is 21.3 Å². The number of hydrogen-bond acceptors (Lipinski definition) is 5. The quantitative estimate of drug-likeness (QED) is 0.392. The van der Waals surface area contributed by atoms with Gasteiger partial charge in [-0.1, -0.05) is 48.0 Å². The number of nitrogens with zero attached hydrogens (tertiary/aromatic N) is 3. The second-order valence-electron chi connectivity index (χ2n) is 9.39. The van der Waals surface area contributed by atoms with Gasteiger partial charge in [-0.15, -0.1) is 0 Å². The molecule has 0 aliphatic carbocycles. The van der Waals surface area contributed by atoms with E-state index in [1.807, 2.05) is 61.5 Å². The zero-order chi connectivity index (χ0) is 26.0. The lowest BCUT2D eigenvalue weighted by Gasteiger charge is -2.31. The molecule has 0 radical (unpaired) electrons. The molecule has 37 heavy (non-hydrogen) atoms. The van der Waals surface area contributed by atoms with Gasteiger partial charge in [-0.3, -0.25) is 13.9 Å². The van der Waals surface area contributed by atoms with E-state index in [1.54, 1.807) is 19.2 Å². The van der Waals surface area contributed by atoms with Crippen LogP contribution in [0.15, 0.2) is 76.3 Å². The summed E-state index contributed by atoms with van der Waals surface area (Å²) in [5.41, 5.74) is 5.71. The maximum atomic E-state index is 13.7. The monoisotopic (exact) mass is 494 g/mol. The minimum atomic E-state index is -0.467. The molecule has 8 heteroatoms. The number of aromatic hydroxyl groups is 1. The number of rotatable bonds is 3. The van der Waals surface area contributed by atoms with E-state index in [0.29, 0.717) is 16.7 Å². The van der Waals surface area contributed by atoms with E-state index in [1.165, 1.54) is 18.7 Å². The first-order valence-electron chi connectivity index (χ1n) is 12.0. The third-order valence-corrected chi connectivity index (χ3v) is 7.19. The van der Waals surface area contributed by atoms with Crippen LogP contribution in [0.25, 0.3) is 27.8 Å². The minimum absolute atomic E-state index is 0.00614. The topological polar surface area (TPSA) is 90.4 Å². The average Bonchev–Trinajstić information content (AvgIpc) is 3.27. The summed E-state index contributed by atoms with van der Waals surface area (Å²) in [6.45, 7) is 2.02. The maximum absolute atomic E-state index is 13.7. The second-order valence-corrected chi connectivity index (χ2v) is 9.39. The number of nitrogens with one attached hydrogen (secondary N) is 1. The Morgan fingerprint density at radius 1 is 0.946 bits per heavy atom. The zero-order valence-electron chi connectivity index (χ0n) is 20.9. The lowest BCUT2D eigenvalue weighted by atomic mass is 9.99. The van der Waals surface area contributed by atoms with Gasteiger partial charge >= 0.3 is 5.69 Å². The Morgan fingerprint density at radius 2 is 1.68 bits per heavy atom. The maximum Gasteiger partial charge on any atom is 0.331 e. The molecule has 1 aliphatic rings. The van der Waals surface area contributed by atoms with Crippen LogP contribution >= 0.6 is 0 Å². The number of anilines is 1. The fourth-order valence-corrected chi connectivity index (χ4v) is 5.34. The fourth-order valence-electron chi connectivity index (χ4n) is 5.34. The van der Waals surface area contributed by atoms with Crippen molar-refractivity contribution in [2.45, 2.75) is 13.0 Å². The molecule has 1 unspecified atom stereocenters. The molecule has 0 spiro atoms. The summed E-state index contributed by atoms with van der Waals surface area (Å²) in [6.07, 6.45) is 0. The van der Waals surface area contributed by atoms with Crippen molar-refractivity contribution in [3.8, 4) is 28.4 Å². The summed E-state index contributed by atoms with van der Waals surface area (Å²) in [7, 11) is 4.69. The van der Waals surface area contributed by atoms with Gasteiger partial charge in [-0.05, 0) is 42.3 Å². The van der Waals surface area contributed by atoms with E-state index in [-0.39, 0.29) is 11.3 Å². The Bertz CT molecular complexity index is 1830. The first-order valence-corrected chi connectivity index (χ1v) is 12.0. The van der Waals surface area contributed by atoms with Crippen molar-refractivity contribution < 1.29 is 9.84 Å². The Balaban J connectivity index is 1.82. The molecule has 6 rings (SSSR count). The van der Waals surface area contributed by atoms with Crippen LogP contribution in [0.3, 0.4) is 0 Å². The van der Waals surface area contributed by atoms with E-state index in [4.69, 9.17) is 4.74 Å². The van der Waals surface area contributed by atoms with Gasteiger partial charge in [0.1, 0.15) is 0 Å². The number of para-hydroxylation sites is 2. The largest absolute Gasteiger partial charge is 0.504 e. The number of methoxy groups -OCH3 is 1. The van der Waals surface area contributed by atoms with Crippen LogP contribution in [0.2, 0.25) is 0 Å². The molecule has 3 aromatic carbocycles. The first kappa shape index (κ1) is 22.7. The van der Waals surface area contributed by atoms with Gasteiger partial charge in [-0.25, -0.2) is 4.79 Å². The predicted molar refractivity (Wildman–Crippen MR) is 144 cm³/mol.